The maximum absolute atomic E-state index is 6.37. The number of nitrogens with one attached hydrogen (secondary N) is 1. The molecule has 0 aliphatic rings. The van der Waals surface area contributed by atoms with Crippen molar-refractivity contribution in [1.29, 1.82) is 0 Å². The smallest absolute Gasteiger partial charge is 0.143 e. The summed E-state index contributed by atoms with van der Waals surface area (Å²) in [6, 6.07) is 19.3. The molecule has 3 aromatic carbocycles. The molecule has 0 unspecified atom stereocenters. The molecule has 0 saturated carbocycles. The summed E-state index contributed by atoms with van der Waals surface area (Å²) in [5, 5.41) is 5.10. The monoisotopic (exact) mass is 405 g/mol. The molecule has 5 heteroatoms. The fourth-order valence-corrected chi connectivity index (χ4v) is 3.23. The highest BCUT2D eigenvalue weighted by Crippen LogP contribution is 2.33. The molecule has 0 radical (unpaired) electrons. The van der Waals surface area contributed by atoms with Gasteiger partial charge in [0.25, 0.3) is 0 Å². The number of anilines is 1. The molecule has 0 bridgehead atoms. The van der Waals surface area contributed by atoms with Gasteiger partial charge in [0, 0.05) is 27.8 Å². The third-order valence-corrected chi connectivity index (χ3v) is 4.67. The normalized spacial score (nSPS) is 10.6. The average Bonchev–Trinajstić information content (AvgIpc) is 2.62. The van der Waals surface area contributed by atoms with Crippen LogP contribution in [0.3, 0.4) is 0 Å². The van der Waals surface area contributed by atoms with Crippen LogP contribution < -0.4 is 10.1 Å². The highest BCUT2D eigenvalue weighted by molar-refractivity contribution is 6.35. The second kappa shape index (κ2) is 8.68. The van der Waals surface area contributed by atoms with E-state index in [1.807, 2.05) is 42.5 Å². The van der Waals surface area contributed by atoms with Gasteiger partial charge in [-0.1, -0.05) is 64.6 Å². The van der Waals surface area contributed by atoms with Crippen molar-refractivity contribution in [2.45, 2.75) is 20.1 Å². The standard InChI is InChI=1S/C21H18Cl3NO/c1-14-2-4-15(5-3-14)13-26-21-16(10-18(23)11-20(21)24)12-25-19-8-6-17(22)7-9-19/h2-11,25H,12-13H2,1H3. The van der Waals surface area contributed by atoms with Gasteiger partial charge in [0.1, 0.15) is 12.4 Å². The molecule has 0 fully saturated rings. The Balaban J connectivity index is 1.75. The predicted molar refractivity (Wildman–Crippen MR) is 111 cm³/mol. The first-order chi connectivity index (χ1) is 12.5. The first-order valence-corrected chi connectivity index (χ1v) is 9.30. The van der Waals surface area contributed by atoms with Gasteiger partial charge >= 0.3 is 0 Å². The van der Waals surface area contributed by atoms with Gasteiger partial charge in [-0.3, -0.25) is 0 Å². The number of rotatable bonds is 6. The Hall–Kier alpha value is -1.87. The van der Waals surface area contributed by atoms with Gasteiger partial charge < -0.3 is 10.1 Å². The molecule has 3 rings (SSSR count). The van der Waals surface area contributed by atoms with Crippen LogP contribution in [0.2, 0.25) is 15.1 Å². The molecule has 0 aromatic heterocycles. The molecule has 0 amide bonds. The van der Waals surface area contributed by atoms with Gasteiger partial charge in [-0.15, -0.1) is 0 Å². The van der Waals surface area contributed by atoms with E-state index in [-0.39, 0.29) is 0 Å². The van der Waals surface area contributed by atoms with Crippen LogP contribution >= 0.6 is 34.8 Å². The predicted octanol–water partition coefficient (Wildman–Crippen LogP) is 7.15. The maximum atomic E-state index is 6.37. The molecule has 0 saturated heterocycles. The lowest BCUT2D eigenvalue weighted by Crippen LogP contribution is -2.04. The van der Waals surface area contributed by atoms with Crippen LogP contribution in [0, 0.1) is 6.92 Å². The van der Waals surface area contributed by atoms with Crippen LogP contribution in [0.5, 0.6) is 5.75 Å². The molecular weight excluding hydrogens is 389 g/mol. The summed E-state index contributed by atoms with van der Waals surface area (Å²) in [5.74, 6) is 0.637. The third kappa shape index (κ3) is 5.07. The van der Waals surface area contributed by atoms with Gasteiger partial charge in [-0.25, -0.2) is 0 Å². The van der Waals surface area contributed by atoms with E-state index in [1.54, 1.807) is 6.07 Å². The number of benzene rings is 3. The van der Waals surface area contributed by atoms with Crippen molar-refractivity contribution in [1.82, 2.24) is 0 Å². The quantitative estimate of drug-likeness (QED) is 0.469. The second-order valence-electron chi connectivity index (χ2n) is 6.01. The molecule has 2 nitrogen and oxygen atoms in total. The van der Waals surface area contributed by atoms with Gasteiger partial charge in [0.2, 0.25) is 0 Å². The molecule has 0 atom stereocenters. The Labute approximate surface area is 168 Å². The molecule has 0 aliphatic heterocycles. The summed E-state index contributed by atoms with van der Waals surface area (Å²) >= 11 is 18.5. The molecule has 0 aliphatic carbocycles. The second-order valence-corrected chi connectivity index (χ2v) is 7.29. The number of aryl methyl sites for hydroxylation is 1. The van der Waals surface area contributed by atoms with Gasteiger partial charge in [-0.2, -0.15) is 0 Å². The Morgan fingerprint density at radius 2 is 1.54 bits per heavy atom. The van der Waals surface area contributed by atoms with Crippen LogP contribution in [0.15, 0.2) is 60.7 Å². The summed E-state index contributed by atoms with van der Waals surface area (Å²) in [6.45, 7) is 3.03. The van der Waals surface area contributed by atoms with E-state index >= 15 is 0 Å². The fraction of sp³-hybridized carbons (Fsp3) is 0.143. The lowest BCUT2D eigenvalue weighted by molar-refractivity contribution is 0.303. The van der Waals surface area contributed by atoms with Crippen molar-refractivity contribution in [3.05, 3.63) is 92.4 Å². The molecule has 3 aromatic rings. The van der Waals surface area contributed by atoms with Crippen molar-refractivity contribution in [3.8, 4) is 5.75 Å². The zero-order chi connectivity index (χ0) is 18.5. The van der Waals surface area contributed by atoms with E-state index in [0.29, 0.717) is 34.0 Å². The lowest BCUT2D eigenvalue weighted by Gasteiger charge is -2.15. The zero-order valence-corrected chi connectivity index (χ0v) is 16.5. The van der Waals surface area contributed by atoms with Crippen molar-refractivity contribution >= 4 is 40.5 Å². The molecule has 1 N–H and O–H groups in total. The van der Waals surface area contributed by atoms with Gasteiger partial charge in [0.05, 0.1) is 5.02 Å². The minimum atomic E-state index is 0.440. The summed E-state index contributed by atoms with van der Waals surface area (Å²) in [6.07, 6.45) is 0. The third-order valence-electron chi connectivity index (χ3n) is 3.92. The van der Waals surface area contributed by atoms with Crippen LogP contribution in [0.25, 0.3) is 0 Å². The zero-order valence-electron chi connectivity index (χ0n) is 14.2. The van der Waals surface area contributed by atoms with E-state index in [1.165, 1.54) is 5.56 Å². The number of ether oxygens (including phenoxy) is 1. The SMILES string of the molecule is Cc1ccc(COc2c(Cl)cc(Cl)cc2CNc2ccc(Cl)cc2)cc1. The first-order valence-electron chi connectivity index (χ1n) is 8.17. The number of hydrogen-bond donors (Lipinski definition) is 1. The topological polar surface area (TPSA) is 21.3 Å². The van der Waals surface area contributed by atoms with Crippen LogP contribution in [-0.4, -0.2) is 0 Å². The number of hydrogen-bond acceptors (Lipinski definition) is 2. The van der Waals surface area contributed by atoms with Crippen molar-refractivity contribution in [2.75, 3.05) is 5.32 Å². The Bertz CT molecular complexity index is 877. The molecule has 26 heavy (non-hydrogen) atoms. The Morgan fingerprint density at radius 3 is 2.23 bits per heavy atom. The highest BCUT2D eigenvalue weighted by Gasteiger charge is 2.11. The Kier molecular flexibility index (Phi) is 6.31. The van der Waals surface area contributed by atoms with Crippen LogP contribution in [0.4, 0.5) is 5.69 Å². The van der Waals surface area contributed by atoms with Crippen molar-refractivity contribution in [2.24, 2.45) is 0 Å². The fourth-order valence-electron chi connectivity index (χ4n) is 2.51. The molecule has 0 spiro atoms. The molecule has 134 valence electrons. The molecule has 0 heterocycles. The molecular formula is C21H18Cl3NO. The first kappa shape index (κ1) is 18.9. The van der Waals surface area contributed by atoms with E-state index in [0.717, 1.165) is 16.8 Å². The van der Waals surface area contributed by atoms with Gasteiger partial charge in [0.15, 0.2) is 0 Å². The highest BCUT2D eigenvalue weighted by atomic mass is 35.5. The van der Waals surface area contributed by atoms with Crippen LogP contribution in [-0.2, 0) is 13.2 Å². The largest absolute Gasteiger partial charge is 0.487 e. The maximum Gasteiger partial charge on any atom is 0.143 e. The average molecular weight is 407 g/mol. The van der Waals surface area contributed by atoms with E-state index in [4.69, 9.17) is 39.5 Å². The summed E-state index contributed by atoms with van der Waals surface area (Å²) in [7, 11) is 0. The Morgan fingerprint density at radius 1 is 0.846 bits per heavy atom. The van der Waals surface area contributed by atoms with Crippen molar-refractivity contribution in [3.63, 3.8) is 0 Å². The van der Waals surface area contributed by atoms with Gasteiger partial charge in [-0.05, 0) is 48.9 Å². The minimum Gasteiger partial charge on any atom is -0.487 e. The minimum absolute atomic E-state index is 0.440. The number of halogens is 3. The van der Waals surface area contributed by atoms with E-state index in [2.05, 4.69) is 24.4 Å². The van der Waals surface area contributed by atoms with E-state index < -0.39 is 0 Å². The van der Waals surface area contributed by atoms with E-state index in [9.17, 15) is 0 Å². The van der Waals surface area contributed by atoms with Crippen LogP contribution in [0.1, 0.15) is 16.7 Å². The van der Waals surface area contributed by atoms with Crippen molar-refractivity contribution < 1.29 is 4.74 Å². The summed E-state index contributed by atoms with van der Waals surface area (Å²) in [4.78, 5) is 0. The summed E-state index contributed by atoms with van der Waals surface area (Å²) in [5.41, 5.74) is 4.14. The summed E-state index contributed by atoms with van der Waals surface area (Å²) < 4.78 is 6.00. The lowest BCUT2D eigenvalue weighted by atomic mass is 10.1.